The molecule has 1 saturated heterocycles. The second-order valence-corrected chi connectivity index (χ2v) is 5.16. The largest absolute Gasteiger partial charge is 0.355 e. The van der Waals surface area contributed by atoms with Gasteiger partial charge in [-0.3, -0.25) is 4.98 Å². The van der Waals surface area contributed by atoms with Crippen molar-refractivity contribution >= 4 is 28.3 Å². The minimum Gasteiger partial charge on any atom is -0.355 e. The van der Waals surface area contributed by atoms with Crippen LogP contribution in [0.2, 0.25) is 5.15 Å². The molecule has 4 rings (SSSR count). The summed E-state index contributed by atoms with van der Waals surface area (Å²) < 4.78 is 0. The van der Waals surface area contributed by atoms with Crippen LogP contribution in [0.25, 0.3) is 22.3 Å². The highest BCUT2D eigenvalue weighted by atomic mass is 35.5. The molecule has 0 spiro atoms. The molecule has 0 atom stereocenters. The van der Waals surface area contributed by atoms with E-state index in [9.17, 15) is 0 Å². The molecule has 5 nitrogen and oxygen atoms in total. The highest BCUT2D eigenvalue weighted by Gasteiger charge is 2.21. The van der Waals surface area contributed by atoms with Gasteiger partial charge in [0.1, 0.15) is 11.3 Å². The molecule has 0 N–H and O–H groups in total. The van der Waals surface area contributed by atoms with Crippen molar-refractivity contribution in [2.24, 2.45) is 0 Å². The lowest BCUT2D eigenvalue weighted by molar-refractivity contribution is 0.752. The van der Waals surface area contributed by atoms with E-state index in [-0.39, 0.29) is 0 Å². The fourth-order valence-corrected chi connectivity index (χ4v) is 2.51. The molecule has 0 amide bonds. The fraction of sp³-hybridized carbons (Fsp3) is 0.133. The van der Waals surface area contributed by atoms with Crippen LogP contribution in [-0.4, -0.2) is 33.0 Å². The predicted molar refractivity (Wildman–Crippen MR) is 82.1 cm³/mol. The average molecular weight is 297 g/mol. The summed E-state index contributed by atoms with van der Waals surface area (Å²) in [4.78, 5) is 19.6. The molecule has 4 heterocycles. The third-order valence-electron chi connectivity index (χ3n) is 3.49. The molecule has 103 valence electrons. The molecule has 0 aliphatic carbocycles. The van der Waals surface area contributed by atoms with E-state index in [2.05, 4.69) is 26.3 Å². The van der Waals surface area contributed by atoms with Crippen molar-refractivity contribution in [3.8, 4) is 11.4 Å². The highest BCUT2D eigenvalue weighted by Crippen LogP contribution is 2.31. The first-order chi connectivity index (χ1) is 10.3. The number of hydrogen-bond donors (Lipinski definition) is 0. The number of fused-ring (bicyclic) bond motifs is 1. The Morgan fingerprint density at radius 1 is 1.00 bits per heavy atom. The minimum atomic E-state index is 0.399. The molecule has 1 aliphatic heterocycles. The van der Waals surface area contributed by atoms with Gasteiger partial charge >= 0.3 is 0 Å². The van der Waals surface area contributed by atoms with Crippen molar-refractivity contribution in [3.63, 3.8) is 0 Å². The highest BCUT2D eigenvalue weighted by molar-refractivity contribution is 6.34. The zero-order valence-electron chi connectivity index (χ0n) is 11.1. The molecule has 0 aromatic carbocycles. The van der Waals surface area contributed by atoms with Gasteiger partial charge in [0.05, 0.1) is 0 Å². The van der Waals surface area contributed by atoms with Crippen LogP contribution >= 0.6 is 11.6 Å². The molecular formula is C15H11ClN5. The Morgan fingerprint density at radius 2 is 1.81 bits per heavy atom. The quantitative estimate of drug-likeness (QED) is 0.681. The Morgan fingerprint density at radius 3 is 2.52 bits per heavy atom. The first-order valence-electron chi connectivity index (χ1n) is 6.62. The normalized spacial score (nSPS) is 14.2. The van der Waals surface area contributed by atoms with Crippen molar-refractivity contribution in [2.75, 3.05) is 18.0 Å². The monoisotopic (exact) mass is 296 g/mol. The Balaban J connectivity index is 1.98. The third-order valence-corrected chi connectivity index (χ3v) is 3.76. The molecule has 3 aromatic rings. The van der Waals surface area contributed by atoms with E-state index in [1.54, 1.807) is 18.6 Å². The van der Waals surface area contributed by atoms with Crippen LogP contribution in [0.1, 0.15) is 0 Å². The molecule has 1 aliphatic rings. The maximum atomic E-state index is 6.21. The van der Waals surface area contributed by atoms with Gasteiger partial charge in [-0.2, -0.15) is 0 Å². The molecule has 21 heavy (non-hydrogen) atoms. The lowest BCUT2D eigenvalue weighted by atomic mass is 10.1. The number of halogens is 1. The second kappa shape index (κ2) is 4.93. The summed E-state index contributed by atoms with van der Waals surface area (Å²) in [7, 11) is 0. The molecule has 1 radical (unpaired) electrons. The van der Waals surface area contributed by atoms with Crippen molar-refractivity contribution in [3.05, 3.63) is 48.4 Å². The van der Waals surface area contributed by atoms with Crippen molar-refractivity contribution in [1.82, 2.24) is 19.9 Å². The molecule has 0 unspecified atom stereocenters. The molecule has 1 fully saturated rings. The van der Waals surface area contributed by atoms with Gasteiger partial charge in [-0.1, -0.05) is 11.6 Å². The van der Waals surface area contributed by atoms with E-state index >= 15 is 0 Å². The lowest BCUT2D eigenvalue weighted by Gasteiger charge is -2.32. The van der Waals surface area contributed by atoms with Crippen LogP contribution in [0.5, 0.6) is 0 Å². The fourth-order valence-electron chi connectivity index (χ4n) is 2.31. The summed E-state index contributed by atoms with van der Waals surface area (Å²) in [6.45, 7) is 1.78. The number of pyridine rings is 2. The first-order valence-corrected chi connectivity index (χ1v) is 7.00. The van der Waals surface area contributed by atoms with E-state index in [0.717, 1.165) is 29.9 Å². The molecule has 6 heteroatoms. The van der Waals surface area contributed by atoms with E-state index in [4.69, 9.17) is 16.6 Å². The van der Waals surface area contributed by atoms with Crippen LogP contribution in [0.4, 0.5) is 5.82 Å². The minimum absolute atomic E-state index is 0.399. The topological polar surface area (TPSA) is 54.8 Å². The van der Waals surface area contributed by atoms with Crippen LogP contribution in [0.3, 0.4) is 0 Å². The van der Waals surface area contributed by atoms with Crippen LogP contribution in [0.15, 0.2) is 36.8 Å². The standard InChI is InChI=1S/C15H11ClN5/c16-13-12-11(4-7-18-13)15(21-8-1-9-21)20-14(19-12)10-2-5-17-6-3-10/h1-7H,8-9H2. The van der Waals surface area contributed by atoms with Gasteiger partial charge in [0.25, 0.3) is 0 Å². The van der Waals surface area contributed by atoms with Crippen LogP contribution < -0.4 is 4.90 Å². The zero-order valence-corrected chi connectivity index (χ0v) is 11.8. The summed E-state index contributed by atoms with van der Waals surface area (Å²) in [5.74, 6) is 1.54. The Labute approximate surface area is 126 Å². The van der Waals surface area contributed by atoms with E-state index in [1.807, 2.05) is 18.2 Å². The van der Waals surface area contributed by atoms with Crippen molar-refractivity contribution < 1.29 is 0 Å². The summed E-state index contributed by atoms with van der Waals surface area (Å²) in [6.07, 6.45) is 7.34. The predicted octanol–water partition coefficient (Wildman–Crippen LogP) is 2.76. The smallest absolute Gasteiger partial charge is 0.162 e. The van der Waals surface area contributed by atoms with Crippen molar-refractivity contribution in [1.29, 1.82) is 0 Å². The Bertz CT molecular complexity index is 802. The summed E-state index contributed by atoms with van der Waals surface area (Å²) >= 11 is 6.21. The summed E-state index contributed by atoms with van der Waals surface area (Å²) in [5.41, 5.74) is 1.60. The van der Waals surface area contributed by atoms with Gasteiger partial charge < -0.3 is 4.90 Å². The van der Waals surface area contributed by atoms with Gasteiger partial charge in [-0.15, -0.1) is 0 Å². The molecular weight excluding hydrogens is 286 g/mol. The molecule has 0 bridgehead atoms. The van der Waals surface area contributed by atoms with E-state index in [0.29, 0.717) is 16.5 Å². The lowest BCUT2D eigenvalue weighted by Crippen LogP contribution is -2.38. The Kier molecular flexibility index (Phi) is 2.93. The number of nitrogens with zero attached hydrogens (tertiary/aromatic N) is 5. The summed E-state index contributed by atoms with van der Waals surface area (Å²) in [6, 6.07) is 5.68. The van der Waals surface area contributed by atoms with Gasteiger partial charge in [-0.25, -0.2) is 15.0 Å². The number of rotatable bonds is 2. The first kappa shape index (κ1) is 12.5. The average Bonchev–Trinajstić information content (AvgIpc) is 2.47. The summed E-state index contributed by atoms with van der Waals surface area (Å²) in [5, 5.41) is 1.33. The van der Waals surface area contributed by atoms with Gasteiger partial charge in [0, 0.05) is 49.1 Å². The number of anilines is 1. The SMILES string of the molecule is Clc1nccc2c(N3C[CH]C3)nc(-c3ccncc3)nc12. The zero-order chi connectivity index (χ0) is 14.2. The van der Waals surface area contributed by atoms with E-state index < -0.39 is 0 Å². The van der Waals surface area contributed by atoms with Gasteiger partial charge in [-0.05, 0) is 18.2 Å². The van der Waals surface area contributed by atoms with Gasteiger partial charge in [0.15, 0.2) is 11.0 Å². The molecule has 0 saturated carbocycles. The second-order valence-electron chi connectivity index (χ2n) is 4.80. The third kappa shape index (κ3) is 2.10. The molecule has 3 aromatic heterocycles. The maximum Gasteiger partial charge on any atom is 0.162 e. The number of hydrogen-bond acceptors (Lipinski definition) is 5. The maximum absolute atomic E-state index is 6.21. The van der Waals surface area contributed by atoms with Crippen molar-refractivity contribution in [2.45, 2.75) is 0 Å². The van der Waals surface area contributed by atoms with E-state index in [1.165, 1.54) is 0 Å². The van der Waals surface area contributed by atoms with Gasteiger partial charge in [0.2, 0.25) is 0 Å². The number of aromatic nitrogens is 4. The van der Waals surface area contributed by atoms with Crippen LogP contribution in [-0.2, 0) is 0 Å². The Hall–Kier alpha value is -2.27. The van der Waals surface area contributed by atoms with Crippen LogP contribution in [0, 0.1) is 6.42 Å².